The normalized spacial score (nSPS) is 13.3. The van der Waals surface area contributed by atoms with Gasteiger partial charge in [0, 0.05) is 35.8 Å². The van der Waals surface area contributed by atoms with Gasteiger partial charge < -0.3 is 0 Å². The second-order valence-electron chi connectivity index (χ2n) is 4.59. The number of Topliss-reactive ketones (excluding diaryl/α,β-unsaturated/α-hetero) is 1. The third-order valence-corrected chi connectivity index (χ3v) is 3.02. The number of hydrogen-bond acceptors (Lipinski definition) is 3. The monoisotopic (exact) mass is 244 g/mol. The second-order valence-corrected chi connectivity index (χ2v) is 4.59. The zero-order chi connectivity index (χ0) is 13.7. The Kier molecular flexibility index (Phi) is 4.95. The van der Waals surface area contributed by atoms with E-state index in [1.165, 1.54) is 11.1 Å². The van der Waals surface area contributed by atoms with Gasteiger partial charge in [-0.3, -0.25) is 14.8 Å². The maximum Gasteiger partial charge on any atom is 0.157 e. The fourth-order valence-electron chi connectivity index (χ4n) is 1.62. The van der Waals surface area contributed by atoms with E-state index in [2.05, 4.69) is 16.9 Å². The Balaban J connectivity index is 2.90. The molecule has 0 unspecified atom stereocenters. The maximum absolute atomic E-state index is 11.2. The number of aromatic nitrogens is 1. The Hall–Kier alpha value is -1.77. The molecule has 3 heteroatoms. The molecule has 0 bridgehead atoms. The van der Waals surface area contributed by atoms with Gasteiger partial charge in [-0.2, -0.15) is 0 Å². The Morgan fingerprint density at radius 1 is 1.28 bits per heavy atom. The van der Waals surface area contributed by atoms with Gasteiger partial charge in [0.25, 0.3) is 0 Å². The molecule has 1 aromatic rings. The standard InChI is InChI=1S/C15H20N2O/c1-10-6-7-16-9-15(10)8-11(2)17-13(4)12(3)14(5)18/h6-7,9H,8H2,1-5H3/b13-12+,17-11?. The highest BCUT2D eigenvalue weighted by Gasteiger charge is 2.03. The highest BCUT2D eigenvalue weighted by molar-refractivity contribution is 5.94. The van der Waals surface area contributed by atoms with Crippen LogP contribution in [0.25, 0.3) is 0 Å². The predicted molar refractivity (Wildman–Crippen MR) is 74.8 cm³/mol. The van der Waals surface area contributed by atoms with Gasteiger partial charge in [-0.1, -0.05) is 0 Å². The lowest BCUT2D eigenvalue weighted by Crippen LogP contribution is -2.02. The molecule has 0 aromatic carbocycles. The van der Waals surface area contributed by atoms with Gasteiger partial charge in [-0.15, -0.1) is 0 Å². The molecule has 1 heterocycles. The summed E-state index contributed by atoms with van der Waals surface area (Å²) >= 11 is 0. The highest BCUT2D eigenvalue weighted by Crippen LogP contribution is 2.10. The van der Waals surface area contributed by atoms with Crippen LogP contribution < -0.4 is 0 Å². The Morgan fingerprint density at radius 3 is 2.50 bits per heavy atom. The van der Waals surface area contributed by atoms with Crippen molar-refractivity contribution in [3.63, 3.8) is 0 Å². The molecule has 0 radical (unpaired) electrons. The fraction of sp³-hybridized carbons (Fsp3) is 0.400. The van der Waals surface area contributed by atoms with Crippen molar-refractivity contribution in [3.05, 3.63) is 40.9 Å². The van der Waals surface area contributed by atoms with E-state index in [9.17, 15) is 4.79 Å². The van der Waals surface area contributed by atoms with Crippen LogP contribution in [0.15, 0.2) is 34.7 Å². The molecule has 0 fully saturated rings. The van der Waals surface area contributed by atoms with E-state index in [-0.39, 0.29) is 5.78 Å². The number of carbonyl (C=O) groups excluding carboxylic acids is 1. The number of pyridine rings is 1. The van der Waals surface area contributed by atoms with Gasteiger partial charge in [0.05, 0.1) is 0 Å². The number of aliphatic imine (C=N–C) groups is 1. The molecule has 0 amide bonds. The Morgan fingerprint density at radius 2 is 1.94 bits per heavy atom. The van der Waals surface area contributed by atoms with E-state index in [1.807, 2.05) is 33.0 Å². The number of allylic oxidation sites excluding steroid dienone is 2. The minimum absolute atomic E-state index is 0.0709. The number of carbonyl (C=O) groups is 1. The van der Waals surface area contributed by atoms with Crippen LogP contribution in [0.2, 0.25) is 0 Å². The van der Waals surface area contributed by atoms with Crippen LogP contribution in [-0.2, 0) is 11.2 Å². The molecule has 0 atom stereocenters. The molecule has 0 saturated carbocycles. The lowest BCUT2D eigenvalue weighted by molar-refractivity contribution is -0.113. The number of aryl methyl sites for hydroxylation is 1. The quantitative estimate of drug-likeness (QED) is 0.602. The van der Waals surface area contributed by atoms with Crippen LogP contribution in [0.3, 0.4) is 0 Å². The lowest BCUT2D eigenvalue weighted by Gasteiger charge is -2.06. The fourth-order valence-corrected chi connectivity index (χ4v) is 1.62. The molecule has 0 spiro atoms. The van der Waals surface area contributed by atoms with Gasteiger partial charge >= 0.3 is 0 Å². The van der Waals surface area contributed by atoms with Crippen LogP contribution in [-0.4, -0.2) is 16.5 Å². The Bertz CT molecular complexity index is 513. The zero-order valence-corrected chi connectivity index (χ0v) is 11.7. The summed E-state index contributed by atoms with van der Waals surface area (Å²) in [6.45, 7) is 9.28. The molecular weight excluding hydrogens is 224 g/mol. The average molecular weight is 244 g/mol. The van der Waals surface area contributed by atoms with E-state index in [4.69, 9.17) is 0 Å². The highest BCUT2D eigenvalue weighted by atomic mass is 16.1. The van der Waals surface area contributed by atoms with Crippen molar-refractivity contribution < 1.29 is 4.79 Å². The first-order valence-corrected chi connectivity index (χ1v) is 6.04. The van der Waals surface area contributed by atoms with E-state index in [0.717, 1.165) is 23.4 Å². The van der Waals surface area contributed by atoms with Gasteiger partial charge in [0.1, 0.15) is 0 Å². The van der Waals surface area contributed by atoms with E-state index in [0.29, 0.717) is 0 Å². The summed E-state index contributed by atoms with van der Waals surface area (Å²) in [4.78, 5) is 19.8. The van der Waals surface area contributed by atoms with Gasteiger partial charge in [0.2, 0.25) is 0 Å². The molecule has 0 aliphatic carbocycles. The molecule has 0 aliphatic heterocycles. The summed E-state index contributed by atoms with van der Waals surface area (Å²) in [5.74, 6) is 0.0709. The minimum Gasteiger partial charge on any atom is -0.295 e. The molecule has 18 heavy (non-hydrogen) atoms. The van der Waals surface area contributed by atoms with Crippen molar-refractivity contribution >= 4 is 11.5 Å². The SMILES string of the molecule is CC(=O)/C(C)=C(\C)N=C(C)Cc1cnccc1C. The average Bonchev–Trinajstić information content (AvgIpc) is 2.30. The lowest BCUT2D eigenvalue weighted by atomic mass is 10.1. The summed E-state index contributed by atoms with van der Waals surface area (Å²) in [5, 5.41) is 0. The molecule has 96 valence electrons. The third kappa shape index (κ3) is 3.91. The zero-order valence-electron chi connectivity index (χ0n) is 11.7. The van der Waals surface area contributed by atoms with Gasteiger partial charge in [0.15, 0.2) is 5.78 Å². The summed E-state index contributed by atoms with van der Waals surface area (Å²) in [7, 11) is 0. The molecule has 3 nitrogen and oxygen atoms in total. The minimum atomic E-state index is 0.0709. The van der Waals surface area contributed by atoms with Crippen molar-refractivity contribution in [2.45, 2.75) is 41.0 Å². The van der Waals surface area contributed by atoms with E-state index >= 15 is 0 Å². The van der Waals surface area contributed by atoms with Crippen LogP contribution in [0, 0.1) is 6.92 Å². The van der Waals surface area contributed by atoms with E-state index < -0.39 is 0 Å². The first-order chi connectivity index (χ1) is 8.41. The molecule has 0 aliphatic rings. The van der Waals surface area contributed by atoms with Gasteiger partial charge in [-0.05, 0) is 51.8 Å². The summed E-state index contributed by atoms with van der Waals surface area (Å²) in [6, 6.07) is 1.99. The molecular formula is C15H20N2O. The van der Waals surface area contributed by atoms with Crippen LogP contribution in [0.4, 0.5) is 0 Å². The first kappa shape index (κ1) is 14.3. The van der Waals surface area contributed by atoms with Crippen molar-refractivity contribution in [1.82, 2.24) is 4.98 Å². The molecule has 0 saturated heterocycles. The number of nitrogens with zero attached hydrogens (tertiary/aromatic N) is 2. The van der Waals surface area contributed by atoms with Crippen molar-refractivity contribution in [3.8, 4) is 0 Å². The smallest absolute Gasteiger partial charge is 0.157 e. The predicted octanol–water partition coefficient (Wildman–Crippen LogP) is 3.28. The number of ketones is 1. The molecule has 1 rings (SSSR count). The summed E-state index contributed by atoms with van der Waals surface area (Å²) in [5.41, 5.74) is 4.89. The molecule has 0 N–H and O–H groups in total. The summed E-state index contributed by atoms with van der Waals surface area (Å²) in [6.07, 6.45) is 4.42. The largest absolute Gasteiger partial charge is 0.295 e. The molecule has 1 aromatic heterocycles. The first-order valence-electron chi connectivity index (χ1n) is 6.04. The van der Waals surface area contributed by atoms with Crippen LogP contribution in [0.1, 0.15) is 38.8 Å². The van der Waals surface area contributed by atoms with Gasteiger partial charge in [-0.25, -0.2) is 0 Å². The number of hydrogen-bond donors (Lipinski definition) is 0. The number of rotatable bonds is 4. The van der Waals surface area contributed by atoms with Crippen molar-refractivity contribution in [2.75, 3.05) is 0 Å². The third-order valence-electron chi connectivity index (χ3n) is 3.02. The van der Waals surface area contributed by atoms with Crippen LogP contribution >= 0.6 is 0 Å². The summed E-state index contributed by atoms with van der Waals surface area (Å²) < 4.78 is 0. The second kappa shape index (κ2) is 6.24. The Labute approximate surface area is 109 Å². The maximum atomic E-state index is 11.2. The van der Waals surface area contributed by atoms with E-state index in [1.54, 1.807) is 13.1 Å². The van der Waals surface area contributed by atoms with Crippen LogP contribution in [0.5, 0.6) is 0 Å². The topological polar surface area (TPSA) is 42.3 Å². The van der Waals surface area contributed by atoms with Crippen molar-refractivity contribution in [1.29, 1.82) is 0 Å². The van der Waals surface area contributed by atoms with Crippen molar-refractivity contribution in [2.24, 2.45) is 4.99 Å².